The molecule has 0 aromatic heterocycles. The van der Waals surface area contributed by atoms with E-state index < -0.39 is 10.0 Å². The lowest BCUT2D eigenvalue weighted by molar-refractivity contribution is 0.138. The number of aryl methyl sites for hydroxylation is 1. The summed E-state index contributed by atoms with van der Waals surface area (Å²) >= 11 is 5.77. The molecule has 0 aliphatic carbocycles. The summed E-state index contributed by atoms with van der Waals surface area (Å²) in [6.07, 6.45) is 0.465. The largest absolute Gasteiger partial charge is 0.497 e. The van der Waals surface area contributed by atoms with Crippen molar-refractivity contribution in [1.82, 2.24) is 4.31 Å². The molecule has 0 saturated carbocycles. The lowest BCUT2D eigenvalue weighted by Crippen LogP contribution is -2.31. The average molecular weight is 336 g/mol. The maximum absolute atomic E-state index is 12.6. The molecule has 0 N–H and O–H groups in total. The van der Waals surface area contributed by atoms with Crippen LogP contribution in [-0.4, -0.2) is 52.5 Å². The smallest absolute Gasteiger partial charge is 0.243 e. The summed E-state index contributed by atoms with van der Waals surface area (Å²) in [5, 5.41) is 0. The number of nitrogens with zero attached hydrogens (tertiary/aromatic N) is 1. The van der Waals surface area contributed by atoms with E-state index in [2.05, 4.69) is 0 Å². The molecule has 0 atom stereocenters. The predicted octanol–water partition coefficient (Wildman–Crippen LogP) is 2.13. The maximum atomic E-state index is 12.6. The molecular weight excluding hydrogens is 314 g/mol. The molecule has 0 bridgehead atoms. The van der Waals surface area contributed by atoms with E-state index in [9.17, 15) is 8.42 Å². The highest BCUT2D eigenvalue weighted by molar-refractivity contribution is 7.89. The Bertz CT molecular complexity index is 548. The molecule has 7 heteroatoms. The Morgan fingerprint density at radius 3 is 2.62 bits per heavy atom. The number of sulfonamides is 1. The maximum Gasteiger partial charge on any atom is 0.243 e. The molecule has 1 aromatic carbocycles. The van der Waals surface area contributed by atoms with Gasteiger partial charge in [0.1, 0.15) is 5.75 Å². The van der Waals surface area contributed by atoms with Gasteiger partial charge in [0.05, 0.1) is 18.6 Å². The first-order chi connectivity index (χ1) is 9.97. The van der Waals surface area contributed by atoms with Gasteiger partial charge in [0.15, 0.2) is 0 Å². The molecule has 0 saturated heterocycles. The molecule has 0 fully saturated rings. The van der Waals surface area contributed by atoms with Crippen LogP contribution in [0.15, 0.2) is 23.1 Å². The lowest BCUT2D eigenvalue weighted by atomic mass is 10.1. The van der Waals surface area contributed by atoms with Crippen LogP contribution in [0.1, 0.15) is 12.5 Å². The van der Waals surface area contributed by atoms with Crippen LogP contribution in [-0.2, 0) is 21.2 Å². The van der Waals surface area contributed by atoms with Crippen LogP contribution >= 0.6 is 11.6 Å². The number of hydrogen-bond acceptors (Lipinski definition) is 4. The fourth-order valence-corrected chi connectivity index (χ4v) is 3.44. The van der Waals surface area contributed by atoms with E-state index in [-0.39, 0.29) is 4.90 Å². The quantitative estimate of drug-likeness (QED) is 0.512. The fraction of sp³-hybridized carbons (Fsp3) is 0.571. The lowest BCUT2D eigenvalue weighted by Gasteiger charge is -2.19. The summed E-state index contributed by atoms with van der Waals surface area (Å²) in [6.45, 7) is 3.11. The number of hydrogen-bond donors (Lipinski definition) is 0. The summed E-state index contributed by atoms with van der Waals surface area (Å²) in [6, 6.07) is 4.92. The van der Waals surface area contributed by atoms with E-state index in [0.29, 0.717) is 43.4 Å². The Balaban J connectivity index is 3.06. The highest BCUT2D eigenvalue weighted by Gasteiger charge is 2.23. The van der Waals surface area contributed by atoms with E-state index in [4.69, 9.17) is 21.1 Å². The summed E-state index contributed by atoms with van der Waals surface area (Å²) < 4.78 is 36.8. The van der Waals surface area contributed by atoms with Crippen LogP contribution in [0, 0.1) is 0 Å². The van der Waals surface area contributed by atoms with Gasteiger partial charge in [-0.25, -0.2) is 8.42 Å². The Hall–Kier alpha value is -0.820. The number of methoxy groups -OCH3 is 1. The van der Waals surface area contributed by atoms with Gasteiger partial charge in [0.2, 0.25) is 10.0 Å². The first kappa shape index (κ1) is 18.2. The van der Waals surface area contributed by atoms with E-state index >= 15 is 0 Å². The van der Waals surface area contributed by atoms with E-state index in [1.54, 1.807) is 32.4 Å². The second-order valence-electron chi connectivity index (χ2n) is 4.44. The van der Waals surface area contributed by atoms with Crippen LogP contribution < -0.4 is 4.74 Å². The monoisotopic (exact) mass is 335 g/mol. The van der Waals surface area contributed by atoms with E-state index in [0.717, 1.165) is 0 Å². The van der Waals surface area contributed by atoms with Crippen molar-refractivity contribution < 1.29 is 17.9 Å². The molecule has 5 nitrogen and oxygen atoms in total. The average Bonchev–Trinajstić information content (AvgIpc) is 2.47. The zero-order valence-electron chi connectivity index (χ0n) is 12.6. The summed E-state index contributed by atoms with van der Waals surface area (Å²) in [7, 11) is -0.470. The summed E-state index contributed by atoms with van der Waals surface area (Å²) in [5.41, 5.74) is 0.660. The molecule has 120 valence electrons. The van der Waals surface area contributed by atoms with Gasteiger partial charge >= 0.3 is 0 Å². The van der Waals surface area contributed by atoms with Crippen LogP contribution in [0.5, 0.6) is 5.75 Å². The van der Waals surface area contributed by atoms with Crippen LogP contribution in [0.4, 0.5) is 0 Å². The topological polar surface area (TPSA) is 55.8 Å². The third-order valence-corrected chi connectivity index (χ3v) is 5.22. The Labute approximate surface area is 131 Å². The van der Waals surface area contributed by atoms with Gasteiger partial charge in [-0.1, -0.05) is 0 Å². The van der Waals surface area contributed by atoms with Crippen LogP contribution in [0.3, 0.4) is 0 Å². The summed E-state index contributed by atoms with van der Waals surface area (Å²) in [4.78, 5) is 0.267. The molecule has 21 heavy (non-hydrogen) atoms. The third kappa shape index (κ3) is 4.85. The number of halogens is 1. The molecule has 0 unspecified atom stereocenters. The van der Waals surface area contributed by atoms with Crippen molar-refractivity contribution in [2.24, 2.45) is 0 Å². The number of likely N-dealkylation sites (N-methyl/N-ethyl adjacent to an activating group) is 1. The van der Waals surface area contributed by atoms with Gasteiger partial charge in [-0.05, 0) is 37.1 Å². The van der Waals surface area contributed by atoms with Crippen molar-refractivity contribution in [2.45, 2.75) is 18.2 Å². The van der Waals surface area contributed by atoms with Crippen LogP contribution in [0.2, 0.25) is 0 Å². The van der Waals surface area contributed by atoms with Crippen molar-refractivity contribution in [1.29, 1.82) is 0 Å². The van der Waals surface area contributed by atoms with Crippen molar-refractivity contribution in [3.05, 3.63) is 23.8 Å². The van der Waals surface area contributed by atoms with Gasteiger partial charge in [-0.2, -0.15) is 4.31 Å². The Kier molecular flexibility index (Phi) is 7.45. The zero-order chi connectivity index (χ0) is 15.9. The Morgan fingerprint density at radius 1 is 1.33 bits per heavy atom. The second kappa shape index (κ2) is 8.58. The molecule has 0 aliphatic rings. The van der Waals surface area contributed by atoms with Gasteiger partial charge in [-0.15, -0.1) is 11.6 Å². The van der Waals surface area contributed by atoms with Gasteiger partial charge < -0.3 is 9.47 Å². The standard InChI is InChI=1S/C14H22ClNO4S/c1-4-20-10-9-16(2)21(17,18)14-6-5-13(19-3)11-12(14)7-8-15/h5-6,11H,4,7-10H2,1-3H3. The second-order valence-corrected chi connectivity index (χ2v) is 6.83. The molecule has 1 aromatic rings. The van der Waals surface area contributed by atoms with E-state index in [1.807, 2.05) is 6.92 Å². The zero-order valence-corrected chi connectivity index (χ0v) is 14.2. The first-order valence-electron chi connectivity index (χ1n) is 6.74. The number of benzene rings is 1. The van der Waals surface area contributed by atoms with Crippen molar-refractivity contribution in [3.63, 3.8) is 0 Å². The molecular formula is C14H22ClNO4S. The molecule has 0 aliphatic heterocycles. The first-order valence-corrected chi connectivity index (χ1v) is 8.71. The molecule has 0 amide bonds. The van der Waals surface area contributed by atoms with Crippen LogP contribution in [0.25, 0.3) is 0 Å². The van der Waals surface area contributed by atoms with Crippen molar-refractivity contribution >= 4 is 21.6 Å². The molecule has 1 rings (SSSR count). The molecule has 0 radical (unpaired) electrons. The minimum Gasteiger partial charge on any atom is -0.497 e. The van der Waals surface area contributed by atoms with Gasteiger partial charge in [0.25, 0.3) is 0 Å². The molecule has 0 spiro atoms. The minimum absolute atomic E-state index is 0.267. The number of rotatable bonds is 9. The highest BCUT2D eigenvalue weighted by atomic mass is 35.5. The SMILES string of the molecule is CCOCCN(C)S(=O)(=O)c1ccc(OC)cc1CCCl. The number of ether oxygens (including phenoxy) is 2. The number of alkyl halides is 1. The Morgan fingerprint density at radius 2 is 2.05 bits per heavy atom. The highest BCUT2D eigenvalue weighted by Crippen LogP contribution is 2.25. The minimum atomic E-state index is -3.56. The predicted molar refractivity (Wildman–Crippen MR) is 83.7 cm³/mol. The van der Waals surface area contributed by atoms with Crippen molar-refractivity contribution in [2.75, 3.05) is 39.8 Å². The van der Waals surface area contributed by atoms with Gasteiger partial charge in [-0.3, -0.25) is 0 Å². The normalized spacial score (nSPS) is 11.9. The fourth-order valence-electron chi connectivity index (χ4n) is 1.86. The van der Waals surface area contributed by atoms with Crippen molar-refractivity contribution in [3.8, 4) is 5.75 Å². The van der Waals surface area contributed by atoms with Gasteiger partial charge in [0, 0.05) is 26.1 Å². The summed E-state index contributed by atoms with van der Waals surface area (Å²) in [5.74, 6) is 0.962. The van der Waals surface area contributed by atoms with E-state index in [1.165, 1.54) is 4.31 Å². The third-order valence-electron chi connectivity index (χ3n) is 3.07. The molecule has 0 heterocycles.